The second kappa shape index (κ2) is 10.1. The summed E-state index contributed by atoms with van der Waals surface area (Å²) in [6.07, 6.45) is -0.936. The van der Waals surface area contributed by atoms with E-state index in [1.165, 1.54) is 0 Å². The maximum atomic E-state index is 12.7. The number of amides is 1. The monoisotopic (exact) mass is 359 g/mol. The summed E-state index contributed by atoms with van der Waals surface area (Å²) in [6.45, 7) is 3.24. The number of carbonyl (C=O) groups is 2. The Morgan fingerprint density at radius 2 is 1.71 bits per heavy atom. The molecule has 0 fully saturated rings. The summed E-state index contributed by atoms with van der Waals surface area (Å²) in [5.74, 6) is -2.55. The Morgan fingerprint density at radius 1 is 1.12 bits per heavy atom. The van der Waals surface area contributed by atoms with Crippen LogP contribution >= 0.6 is 7.60 Å². The number of carbonyl (C=O) groups excluding carboxylic acids is 2. The molecule has 134 valence electrons. The van der Waals surface area contributed by atoms with E-state index in [1.807, 2.05) is 6.07 Å². The number of esters is 1. The molecule has 8 nitrogen and oxygen atoms in total. The second-order valence-electron chi connectivity index (χ2n) is 4.51. The number of methoxy groups -OCH3 is 1. The van der Waals surface area contributed by atoms with E-state index < -0.39 is 25.4 Å². The molecular weight excluding hydrogens is 337 g/mol. The molecule has 1 aromatic rings. The SMILES string of the molecule is CCOP(=O)(OCC)[C@@H](NC(=O)OCc1ccccc1)C(=O)OC. The highest BCUT2D eigenvalue weighted by Gasteiger charge is 2.43. The van der Waals surface area contributed by atoms with Crippen molar-refractivity contribution < 1.29 is 32.7 Å². The van der Waals surface area contributed by atoms with Crippen molar-refractivity contribution in [2.75, 3.05) is 20.3 Å². The highest BCUT2D eigenvalue weighted by Crippen LogP contribution is 2.52. The van der Waals surface area contributed by atoms with Crippen molar-refractivity contribution in [3.05, 3.63) is 35.9 Å². The van der Waals surface area contributed by atoms with Crippen LogP contribution in [0.3, 0.4) is 0 Å². The largest absolute Gasteiger partial charge is 0.467 e. The number of rotatable bonds is 9. The minimum atomic E-state index is -3.94. The molecule has 1 atom stereocenters. The molecule has 0 aliphatic rings. The number of alkyl carbamates (subject to hydrolysis) is 1. The lowest BCUT2D eigenvalue weighted by Crippen LogP contribution is -2.42. The van der Waals surface area contributed by atoms with E-state index in [2.05, 4.69) is 10.1 Å². The van der Waals surface area contributed by atoms with Crippen molar-refractivity contribution in [2.24, 2.45) is 0 Å². The van der Waals surface area contributed by atoms with Gasteiger partial charge in [-0.25, -0.2) is 9.59 Å². The van der Waals surface area contributed by atoms with E-state index in [0.717, 1.165) is 12.7 Å². The number of ether oxygens (including phenoxy) is 2. The Labute approximate surface area is 141 Å². The zero-order chi connectivity index (χ0) is 18.0. The average Bonchev–Trinajstić information content (AvgIpc) is 2.58. The van der Waals surface area contributed by atoms with Crippen molar-refractivity contribution in [1.82, 2.24) is 5.32 Å². The molecule has 1 N–H and O–H groups in total. The molecule has 0 aromatic heterocycles. The quantitative estimate of drug-likeness (QED) is 0.534. The molecule has 0 saturated carbocycles. The fourth-order valence-electron chi connectivity index (χ4n) is 1.80. The minimum absolute atomic E-state index is 0.00582. The van der Waals surface area contributed by atoms with Crippen LogP contribution in [0.25, 0.3) is 0 Å². The third-order valence-corrected chi connectivity index (χ3v) is 5.03. The Hall–Kier alpha value is -1.89. The van der Waals surface area contributed by atoms with Gasteiger partial charge in [0.15, 0.2) is 0 Å². The fourth-order valence-corrected chi connectivity index (χ4v) is 3.52. The van der Waals surface area contributed by atoms with Crippen LogP contribution in [0, 0.1) is 0 Å². The smallest absolute Gasteiger partial charge is 0.408 e. The van der Waals surface area contributed by atoms with Gasteiger partial charge in [0.2, 0.25) is 5.78 Å². The van der Waals surface area contributed by atoms with Gasteiger partial charge in [-0.05, 0) is 19.4 Å². The van der Waals surface area contributed by atoms with Gasteiger partial charge in [-0.3, -0.25) is 9.88 Å². The number of hydrogen-bond donors (Lipinski definition) is 1. The van der Waals surface area contributed by atoms with Gasteiger partial charge in [0.25, 0.3) is 0 Å². The maximum absolute atomic E-state index is 12.7. The lowest BCUT2D eigenvalue weighted by molar-refractivity contribution is -0.141. The van der Waals surface area contributed by atoms with E-state index in [4.69, 9.17) is 13.8 Å². The second-order valence-corrected chi connectivity index (χ2v) is 6.62. The summed E-state index contributed by atoms with van der Waals surface area (Å²) in [5.41, 5.74) is 0.764. The summed E-state index contributed by atoms with van der Waals surface area (Å²) >= 11 is 0. The van der Waals surface area contributed by atoms with Crippen molar-refractivity contribution in [3.63, 3.8) is 0 Å². The molecule has 0 aliphatic heterocycles. The van der Waals surface area contributed by atoms with Crippen LogP contribution in [-0.4, -0.2) is 38.2 Å². The molecule has 0 spiro atoms. The van der Waals surface area contributed by atoms with E-state index in [1.54, 1.807) is 38.1 Å². The van der Waals surface area contributed by atoms with Crippen molar-refractivity contribution in [3.8, 4) is 0 Å². The summed E-state index contributed by atoms with van der Waals surface area (Å²) < 4.78 is 32.5. The molecule has 0 radical (unpaired) electrons. The normalized spacial score (nSPS) is 12.3. The van der Waals surface area contributed by atoms with E-state index >= 15 is 0 Å². The first-order valence-corrected chi connectivity index (χ1v) is 9.01. The summed E-state index contributed by atoms with van der Waals surface area (Å²) in [5, 5.41) is 2.20. The standard InChI is InChI=1S/C15H22NO7P/c1-4-22-24(19,23-5-2)13(14(17)20-3)16-15(18)21-11-12-9-7-6-8-10-12/h6-10,13H,4-5,11H2,1-3H3,(H,16,18)/t13-/m1/s1. The molecule has 0 saturated heterocycles. The average molecular weight is 359 g/mol. The Bertz CT molecular complexity index is 568. The lowest BCUT2D eigenvalue weighted by atomic mass is 10.2. The maximum Gasteiger partial charge on any atom is 0.408 e. The molecular formula is C15H22NO7P. The predicted molar refractivity (Wildman–Crippen MR) is 86.4 cm³/mol. The van der Waals surface area contributed by atoms with Crippen molar-refractivity contribution >= 4 is 19.7 Å². The van der Waals surface area contributed by atoms with Gasteiger partial charge in [0.05, 0.1) is 20.3 Å². The number of hydrogen-bond acceptors (Lipinski definition) is 7. The molecule has 1 rings (SSSR count). The molecule has 1 aromatic carbocycles. The van der Waals surface area contributed by atoms with Crippen molar-refractivity contribution in [2.45, 2.75) is 26.2 Å². The Balaban J connectivity index is 2.79. The fraction of sp³-hybridized carbons (Fsp3) is 0.467. The predicted octanol–water partition coefficient (Wildman–Crippen LogP) is 2.68. The van der Waals surface area contributed by atoms with Gasteiger partial charge in [-0.15, -0.1) is 0 Å². The topological polar surface area (TPSA) is 100 Å². The van der Waals surface area contributed by atoms with Gasteiger partial charge in [0, 0.05) is 0 Å². The zero-order valence-corrected chi connectivity index (χ0v) is 14.8. The van der Waals surface area contributed by atoms with Crippen LogP contribution in [-0.2, 0) is 34.5 Å². The molecule has 0 bridgehead atoms. The molecule has 1 amide bonds. The van der Waals surface area contributed by atoms with Gasteiger partial charge in [-0.2, -0.15) is 0 Å². The van der Waals surface area contributed by atoms with Gasteiger partial charge in [-0.1, -0.05) is 30.3 Å². The van der Waals surface area contributed by atoms with Crippen LogP contribution in [0.5, 0.6) is 0 Å². The van der Waals surface area contributed by atoms with Crippen LogP contribution in [0.2, 0.25) is 0 Å². The summed E-state index contributed by atoms with van der Waals surface area (Å²) in [4.78, 5) is 23.8. The molecule has 0 aliphatic carbocycles. The van der Waals surface area contributed by atoms with Gasteiger partial charge in [0.1, 0.15) is 6.61 Å². The van der Waals surface area contributed by atoms with Crippen LogP contribution < -0.4 is 5.32 Å². The first-order chi connectivity index (χ1) is 11.5. The van der Waals surface area contributed by atoms with E-state index in [-0.39, 0.29) is 19.8 Å². The number of benzene rings is 1. The Morgan fingerprint density at radius 3 is 2.21 bits per heavy atom. The first-order valence-electron chi connectivity index (χ1n) is 7.40. The third-order valence-electron chi connectivity index (χ3n) is 2.83. The summed E-state index contributed by atoms with van der Waals surface area (Å²) in [7, 11) is -2.83. The lowest BCUT2D eigenvalue weighted by Gasteiger charge is -2.24. The van der Waals surface area contributed by atoms with Crippen molar-refractivity contribution in [1.29, 1.82) is 0 Å². The van der Waals surface area contributed by atoms with E-state index in [9.17, 15) is 14.2 Å². The highest BCUT2D eigenvalue weighted by molar-refractivity contribution is 7.55. The molecule has 0 heterocycles. The van der Waals surface area contributed by atoms with Gasteiger partial charge >= 0.3 is 19.7 Å². The van der Waals surface area contributed by atoms with Crippen LogP contribution in [0.15, 0.2) is 30.3 Å². The number of nitrogens with one attached hydrogen (secondary N) is 1. The third kappa shape index (κ3) is 5.96. The molecule has 9 heteroatoms. The summed E-state index contributed by atoms with van der Waals surface area (Å²) in [6, 6.07) is 8.97. The Kier molecular flexibility index (Phi) is 8.46. The minimum Gasteiger partial charge on any atom is -0.467 e. The molecule has 0 unspecified atom stereocenters. The van der Waals surface area contributed by atoms with Crippen LogP contribution in [0.4, 0.5) is 4.79 Å². The molecule has 24 heavy (non-hydrogen) atoms. The van der Waals surface area contributed by atoms with Crippen LogP contribution in [0.1, 0.15) is 19.4 Å². The highest BCUT2D eigenvalue weighted by atomic mass is 31.2. The van der Waals surface area contributed by atoms with Gasteiger partial charge < -0.3 is 18.5 Å². The first kappa shape index (κ1) is 20.2. The zero-order valence-electron chi connectivity index (χ0n) is 13.9. The van der Waals surface area contributed by atoms with E-state index in [0.29, 0.717) is 0 Å².